The van der Waals surface area contributed by atoms with Gasteiger partial charge < -0.3 is 37.9 Å². The Bertz CT molecular complexity index is 1400. The molecule has 0 aliphatic carbocycles. The summed E-state index contributed by atoms with van der Waals surface area (Å²) in [5.41, 5.74) is 1.77. The van der Waals surface area contributed by atoms with Gasteiger partial charge in [0.25, 0.3) is 0 Å². The standard InChI is InChI=1S/C36H46O14/c1-21(37)43-19-29-17-34(47-25(5)41)36(48-26(6)42)31(49-29)12-8-10-28-15-13-27(14-16-28)9-7-11-30-32(45-23(3)39)18-33(46-24(4)40)35(50-30)20-44-22(2)38/h7-10,13-16,29-36H,11-12,17-20H2,1-6H3/b9-7+,10-8+/t29-,30+,31+,32-,33-,34-,35+,36+/m0/s1. The zero-order chi connectivity index (χ0) is 36.8. The summed E-state index contributed by atoms with van der Waals surface area (Å²) in [5.74, 6) is -3.08. The van der Waals surface area contributed by atoms with Gasteiger partial charge in [0.15, 0.2) is 6.10 Å². The van der Waals surface area contributed by atoms with Crippen molar-refractivity contribution in [3.63, 3.8) is 0 Å². The number of carbonyl (C=O) groups excluding carboxylic acids is 6. The van der Waals surface area contributed by atoms with Gasteiger partial charge in [0, 0.05) is 54.4 Å². The number of rotatable bonds is 14. The van der Waals surface area contributed by atoms with Crippen LogP contribution < -0.4 is 0 Å². The Morgan fingerprint density at radius 1 is 0.560 bits per heavy atom. The molecule has 50 heavy (non-hydrogen) atoms. The average molecular weight is 703 g/mol. The maximum Gasteiger partial charge on any atom is 0.303 e. The van der Waals surface area contributed by atoms with Crippen LogP contribution in [0.25, 0.3) is 12.2 Å². The number of benzene rings is 1. The van der Waals surface area contributed by atoms with E-state index < -0.39 is 84.6 Å². The Kier molecular flexibility index (Phi) is 15.6. The van der Waals surface area contributed by atoms with Crippen molar-refractivity contribution in [3.05, 3.63) is 47.5 Å². The van der Waals surface area contributed by atoms with Gasteiger partial charge in [-0.2, -0.15) is 0 Å². The van der Waals surface area contributed by atoms with Crippen molar-refractivity contribution in [2.45, 2.75) is 116 Å². The van der Waals surface area contributed by atoms with E-state index in [0.29, 0.717) is 12.8 Å². The van der Waals surface area contributed by atoms with E-state index in [1.165, 1.54) is 41.5 Å². The van der Waals surface area contributed by atoms with E-state index in [-0.39, 0.29) is 26.1 Å². The minimum Gasteiger partial charge on any atom is -0.463 e. The summed E-state index contributed by atoms with van der Waals surface area (Å²) < 4.78 is 44.3. The fourth-order valence-corrected chi connectivity index (χ4v) is 5.75. The maximum atomic E-state index is 11.9. The van der Waals surface area contributed by atoms with E-state index >= 15 is 0 Å². The van der Waals surface area contributed by atoms with Gasteiger partial charge in [-0.1, -0.05) is 48.6 Å². The first-order chi connectivity index (χ1) is 23.7. The van der Waals surface area contributed by atoms with Crippen molar-refractivity contribution in [3.8, 4) is 0 Å². The first kappa shape index (κ1) is 39.9. The molecule has 8 atom stereocenters. The van der Waals surface area contributed by atoms with Crippen LogP contribution in [0.15, 0.2) is 36.4 Å². The largest absolute Gasteiger partial charge is 0.463 e. The Morgan fingerprint density at radius 3 is 1.52 bits per heavy atom. The fourth-order valence-electron chi connectivity index (χ4n) is 5.75. The van der Waals surface area contributed by atoms with Crippen LogP contribution in [0.3, 0.4) is 0 Å². The molecule has 0 amide bonds. The van der Waals surface area contributed by atoms with E-state index in [9.17, 15) is 28.8 Å². The molecule has 1 aromatic carbocycles. The lowest BCUT2D eigenvalue weighted by Gasteiger charge is -2.40. The smallest absolute Gasteiger partial charge is 0.303 e. The van der Waals surface area contributed by atoms with E-state index in [1.807, 2.05) is 48.6 Å². The van der Waals surface area contributed by atoms with Gasteiger partial charge in [-0.15, -0.1) is 0 Å². The lowest BCUT2D eigenvalue weighted by atomic mass is 9.95. The van der Waals surface area contributed by atoms with Crippen LogP contribution in [0.2, 0.25) is 0 Å². The first-order valence-electron chi connectivity index (χ1n) is 16.4. The molecule has 0 spiro atoms. The van der Waals surface area contributed by atoms with E-state index in [2.05, 4.69) is 0 Å². The molecule has 2 heterocycles. The summed E-state index contributed by atoms with van der Waals surface area (Å²) in [5, 5.41) is 0. The van der Waals surface area contributed by atoms with Crippen molar-refractivity contribution in [1.82, 2.24) is 0 Å². The highest BCUT2D eigenvalue weighted by Crippen LogP contribution is 2.30. The summed E-state index contributed by atoms with van der Waals surface area (Å²) in [6.45, 7) is 7.49. The second-order valence-electron chi connectivity index (χ2n) is 12.0. The summed E-state index contributed by atoms with van der Waals surface area (Å²) in [6, 6.07) is 7.63. The Hall–Kier alpha value is -4.56. The number of ether oxygens (including phenoxy) is 8. The molecule has 0 radical (unpaired) electrons. The Labute approximate surface area is 291 Å². The molecule has 14 heteroatoms. The second kappa shape index (κ2) is 19.6. The molecule has 274 valence electrons. The molecule has 14 nitrogen and oxygen atoms in total. The van der Waals surface area contributed by atoms with E-state index in [1.54, 1.807) is 0 Å². The van der Waals surface area contributed by atoms with Crippen molar-refractivity contribution in [2.75, 3.05) is 13.2 Å². The molecule has 0 N–H and O–H groups in total. The third kappa shape index (κ3) is 13.7. The SMILES string of the molecule is CC(=O)OC[C@@H]1C[C@H](OC(C)=O)[C@H](OC(C)=O)[C@@H](C/C=C/c2ccc(/C=C/C[C@H]3O[C@H](COC(C)=O)[C@@H](OC(C)=O)C[C@@H]3OC(C)=O)cc2)O1. The van der Waals surface area contributed by atoms with Crippen LogP contribution in [0.5, 0.6) is 0 Å². The zero-order valence-electron chi connectivity index (χ0n) is 29.2. The topological polar surface area (TPSA) is 176 Å². The highest BCUT2D eigenvalue weighted by Gasteiger charge is 2.43. The van der Waals surface area contributed by atoms with Gasteiger partial charge >= 0.3 is 35.8 Å². The van der Waals surface area contributed by atoms with Crippen LogP contribution in [0, 0.1) is 0 Å². The molecular formula is C36H46O14. The number of carbonyl (C=O) groups is 6. The number of hydrogen-bond acceptors (Lipinski definition) is 14. The lowest BCUT2D eigenvalue weighted by molar-refractivity contribution is -0.211. The highest BCUT2D eigenvalue weighted by molar-refractivity contribution is 5.68. The van der Waals surface area contributed by atoms with Crippen molar-refractivity contribution < 1.29 is 66.7 Å². The highest BCUT2D eigenvalue weighted by atomic mass is 16.6. The Morgan fingerprint density at radius 2 is 1.02 bits per heavy atom. The van der Waals surface area contributed by atoms with Crippen molar-refractivity contribution in [2.24, 2.45) is 0 Å². The minimum atomic E-state index is -0.847. The molecule has 1 aromatic rings. The maximum absolute atomic E-state index is 11.9. The van der Waals surface area contributed by atoms with Gasteiger partial charge in [-0.3, -0.25) is 28.8 Å². The van der Waals surface area contributed by atoms with Gasteiger partial charge in [-0.25, -0.2) is 0 Å². The molecule has 0 aromatic heterocycles. The molecule has 3 rings (SSSR count). The summed E-state index contributed by atoms with van der Waals surface area (Å²) in [4.78, 5) is 69.9. The van der Waals surface area contributed by atoms with E-state index in [4.69, 9.17) is 37.9 Å². The lowest BCUT2D eigenvalue weighted by Crippen LogP contribution is -2.52. The summed E-state index contributed by atoms with van der Waals surface area (Å²) in [6.07, 6.45) is 2.98. The monoisotopic (exact) mass is 702 g/mol. The predicted octanol–water partition coefficient (Wildman–Crippen LogP) is 3.66. The third-order valence-corrected chi connectivity index (χ3v) is 7.71. The zero-order valence-corrected chi connectivity index (χ0v) is 29.2. The van der Waals surface area contributed by atoms with Gasteiger partial charge in [-0.05, 0) is 24.0 Å². The normalized spacial score (nSPS) is 26.5. The van der Waals surface area contributed by atoms with Crippen molar-refractivity contribution >= 4 is 48.0 Å². The molecule has 0 saturated carbocycles. The molecular weight excluding hydrogens is 656 g/mol. The first-order valence-corrected chi connectivity index (χ1v) is 16.4. The number of hydrogen-bond donors (Lipinski definition) is 0. The third-order valence-electron chi connectivity index (χ3n) is 7.71. The fraction of sp³-hybridized carbons (Fsp3) is 0.556. The van der Waals surface area contributed by atoms with Crippen molar-refractivity contribution in [1.29, 1.82) is 0 Å². The van der Waals surface area contributed by atoms with Crippen LogP contribution in [-0.4, -0.2) is 97.9 Å². The van der Waals surface area contributed by atoms with Gasteiger partial charge in [0.2, 0.25) is 0 Å². The van der Waals surface area contributed by atoms with E-state index in [0.717, 1.165) is 11.1 Å². The second-order valence-corrected chi connectivity index (χ2v) is 12.0. The molecule has 2 aliphatic heterocycles. The van der Waals surface area contributed by atoms with Crippen LogP contribution in [-0.2, 0) is 66.7 Å². The van der Waals surface area contributed by atoms with Gasteiger partial charge in [0.05, 0.1) is 12.2 Å². The molecule has 2 saturated heterocycles. The summed E-state index contributed by atoms with van der Waals surface area (Å²) in [7, 11) is 0. The van der Waals surface area contributed by atoms with Gasteiger partial charge in [0.1, 0.15) is 43.7 Å². The van der Waals surface area contributed by atoms with Crippen LogP contribution in [0.1, 0.15) is 78.4 Å². The minimum absolute atomic E-state index is 0.0317. The molecule has 2 fully saturated rings. The quantitative estimate of drug-likeness (QED) is 0.203. The average Bonchev–Trinajstić information content (AvgIpc) is 3.01. The van der Waals surface area contributed by atoms with Crippen LogP contribution >= 0.6 is 0 Å². The molecule has 0 unspecified atom stereocenters. The Balaban J connectivity index is 1.66. The van der Waals surface area contributed by atoms with Crippen LogP contribution in [0.4, 0.5) is 0 Å². The molecule has 0 bridgehead atoms. The molecule has 2 aliphatic rings. The predicted molar refractivity (Wildman–Crippen MR) is 176 cm³/mol. The summed E-state index contributed by atoms with van der Waals surface area (Å²) >= 11 is 0. The number of esters is 6.